The van der Waals surface area contributed by atoms with Gasteiger partial charge in [-0.05, 0) is 46.7 Å². The zero-order chi connectivity index (χ0) is 9.19. The number of hydrogen-bond donors (Lipinski definition) is 0. The average Bonchev–Trinajstić information content (AvgIpc) is 2.32. The third-order valence-electron chi connectivity index (χ3n) is 2.56. The summed E-state index contributed by atoms with van der Waals surface area (Å²) >= 11 is 0. The number of likely N-dealkylation sites (tertiary alicyclic amines) is 1. The van der Waals surface area contributed by atoms with Crippen molar-refractivity contribution >= 4 is 10.2 Å². The highest BCUT2D eigenvalue weighted by Gasteiger charge is 2.26. The lowest BCUT2D eigenvalue weighted by Gasteiger charge is -2.33. The number of nitrogens with zero attached hydrogens (tertiary/aromatic N) is 1. The van der Waals surface area contributed by atoms with Gasteiger partial charge in [-0.15, -0.1) is 0 Å². The van der Waals surface area contributed by atoms with Crippen LogP contribution >= 0.6 is 0 Å². The van der Waals surface area contributed by atoms with E-state index in [1.165, 1.54) is 36.2 Å². The van der Waals surface area contributed by atoms with E-state index in [0.717, 1.165) is 0 Å². The van der Waals surface area contributed by atoms with E-state index in [1.54, 1.807) is 5.20 Å². The van der Waals surface area contributed by atoms with Crippen molar-refractivity contribution in [2.75, 3.05) is 13.1 Å². The van der Waals surface area contributed by atoms with Crippen LogP contribution in [0.3, 0.4) is 0 Å². The van der Waals surface area contributed by atoms with Crippen LogP contribution in [0.5, 0.6) is 0 Å². The fourth-order valence-corrected chi connectivity index (χ4v) is 2.80. The Hall–Kier alpha value is -0.0831. The molecule has 0 bridgehead atoms. The molecular formula is C10H21NSi. The molecule has 70 valence electrons. The topological polar surface area (TPSA) is 3.24 Å². The minimum absolute atomic E-state index is 0.308. The van der Waals surface area contributed by atoms with Gasteiger partial charge in [-0.2, -0.15) is 0 Å². The summed E-state index contributed by atoms with van der Waals surface area (Å²) in [4.78, 5) is 2.59. The third-order valence-corrected chi connectivity index (χ3v) is 2.85. The predicted molar refractivity (Wildman–Crippen MR) is 58.6 cm³/mol. The Balaban J connectivity index is 2.63. The monoisotopic (exact) mass is 183 g/mol. The summed E-state index contributed by atoms with van der Waals surface area (Å²) in [6.45, 7) is 9.49. The first kappa shape index (κ1) is 10.0. The van der Waals surface area contributed by atoms with Crippen LogP contribution in [-0.2, 0) is 0 Å². The number of rotatable bonds is 2. The Morgan fingerprint density at radius 3 is 2.25 bits per heavy atom. The van der Waals surface area contributed by atoms with Crippen molar-refractivity contribution in [3.05, 3.63) is 11.3 Å². The molecule has 0 aliphatic carbocycles. The first-order chi connectivity index (χ1) is 5.52. The summed E-state index contributed by atoms with van der Waals surface area (Å²) < 4.78 is 0. The van der Waals surface area contributed by atoms with Crippen LogP contribution in [0.2, 0.25) is 0 Å². The van der Waals surface area contributed by atoms with Gasteiger partial charge < -0.3 is 0 Å². The summed E-state index contributed by atoms with van der Waals surface area (Å²) in [5, 5.41) is 1.56. The molecule has 0 spiro atoms. The molecule has 1 nitrogen and oxygen atoms in total. The molecule has 12 heavy (non-hydrogen) atoms. The van der Waals surface area contributed by atoms with Crippen molar-refractivity contribution in [1.82, 2.24) is 4.90 Å². The molecule has 1 rings (SSSR count). The molecule has 0 aromatic carbocycles. The Morgan fingerprint density at radius 1 is 1.33 bits per heavy atom. The molecule has 0 atom stereocenters. The second kappa shape index (κ2) is 3.75. The van der Waals surface area contributed by atoms with Gasteiger partial charge >= 0.3 is 0 Å². The molecule has 1 heterocycles. The molecule has 0 radical (unpaired) electrons. The smallest absolute Gasteiger partial charge is 0.0333 e. The fraction of sp³-hybridized carbons (Fsp3) is 0.800. The molecule has 1 saturated heterocycles. The summed E-state index contributed by atoms with van der Waals surface area (Å²) in [5.41, 5.74) is 0.308. The molecule has 2 heteroatoms. The molecule has 0 amide bonds. The van der Waals surface area contributed by atoms with Crippen molar-refractivity contribution in [2.24, 2.45) is 0 Å². The summed E-state index contributed by atoms with van der Waals surface area (Å²) in [6, 6.07) is 0. The fourth-order valence-electron chi connectivity index (χ4n) is 2.09. The van der Waals surface area contributed by atoms with Gasteiger partial charge in [0.25, 0.3) is 0 Å². The van der Waals surface area contributed by atoms with Gasteiger partial charge in [-0.1, -0.05) is 11.3 Å². The molecule has 1 fully saturated rings. The van der Waals surface area contributed by atoms with Crippen LogP contribution in [0.15, 0.2) is 11.3 Å². The molecular weight excluding hydrogens is 162 g/mol. The zero-order valence-corrected chi connectivity index (χ0v) is 10.9. The highest BCUT2D eigenvalue weighted by atomic mass is 28.1. The Bertz CT molecular complexity index is 174. The number of allylic oxidation sites excluding steroid dienone is 1. The van der Waals surface area contributed by atoms with Gasteiger partial charge in [-0.25, -0.2) is 0 Å². The SMILES string of the molecule is C/C([SiH3])=C/C(C)(C)N1CCCC1. The van der Waals surface area contributed by atoms with Gasteiger partial charge in [0.05, 0.1) is 0 Å². The van der Waals surface area contributed by atoms with Gasteiger partial charge in [-0.3, -0.25) is 4.90 Å². The largest absolute Gasteiger partial charge is 0.295 e. The first-order valence-corrected chi connectivity index (χ1v) is 5.93. The third kappa shape index (κ3) is 2.46. The van der Waals surface area contributed by atoms with Crippen LogP contribution < -0.4 is 0 Å². The lowest BCUT2D eigenvalue weighted by molar-refractivity contribution is 0.204. The summed E-state index contributed by atoms with van der Waals surface area (Å²) in [5.74, 6) is 0. The van der Waals surface area contributed by atoms with Crippen molar-refractivity contribution in [1.29, 1.82) is 0 Å². The van der Waals surface area contributed by atoms with Gasteiger partial charge in [0.2, 0.25) is 0 Å². The van der Waals surface area contributed by atoms with E-state index >= 15 is 0 Å². The minimum Gasteiger partial charge on any atom is -0.295 e. The van der Waals surface area contributed by atoms with Gasteiger partial charge in [0, 0.05) is 15.8 Å². The van der Waals surface area contributed by atoms with E-state index in [9.17, 15) is 0 Å². The standard InChI is InChI=1S/C10H21NSi/c1-9(12)8-10(2,3)11-6-4-5-7-11/h8H,4-7H2,1-3,12H3/b9-8-. The molecule has 0 aromatic heterocycles. The second-order valence-corrected chi connectivity index (χ2v) is 6.15. The van der Waals surface area contributed by atoms with Crippen LogP contribution in [0.25, 0.3) is 0 Å². The Labute approximate surface area is 79.3 Å². The van der Waals surface area contributed by atoms with Crippen molar-refractivity contribution in [3.8, 4) is 0 Å². The zero-order valence-electron chi connectivity index (χ0n) is 8.85. The maximum Gasteiger partial charge on any atom is 0.0333 e. The number of hydrogen-bond acceptors (Lipinski definition) is 1. The normalized spacial score (nSPS) is 22.1. The van der Waals surface area contributed by atoms with E-state index in [1.807, 2.05) is 0 Å². The molecule has 0 aromatic rings. The Kier molecular flexibility index (Phi) is 3.13. The van der Waals surface area contributed by atoms with Crippen LogP contribution in [0, 0.1) is 0 Å². The van der Waals surface area contributed by atoms with Crippen molar-refractivity contribution in [2.45, 2.75) is 39.2 Å². The van der Waals surface area contributed by atoms with Crippen LogP contribution in [0.4, 0.5) is 0 Å². The molecule has 0 N–H and O–H groups in total. The van der Waals surface area contributed by atoms with E-state index in [2.05, 4.69) is 31.7 Å². The maximum absolute atomic E-state index is 2.59. The van der Waals surface area contributed by atoms with Gasteiger partial charge in [0.15, 0.2) is 0 Å². The van der Waals surface area contributed by atoms with Crippen molar-refractivity contribution in [3.63, 3.8) is 0 Å². The quantitative estimate of drug-likeness (QED) is 0.580. The molecule has 1 aliphatic rings. The lowest BCUT2D eigenvalue weighted by atomic mass is 10.0. The van der Waals surface area contributed by atoms with E-state index < -0.39 is 0 Å². The average molecular weight is 183 g/mol. The summed E-state index contributed by atoms with van der Waals surface area (Å²) in [7, 11) is 1.21. The van der Waals surface area contributed by atoms with Crippen molar-refractivity contribution < 1.29 is 0 Å². The van der Waals surface area contributed by atoms with E-state index in [-0.39, 0.29) is 0 Å². The minimum atomic E-state index is 0.308. The summed E-state index contributed by atoms with van der Waals surface area (Å²) in [6.07, 6.45) is 5.21. The van der Waals surface area contributed by atoms with Crippen LogP contribution in [0.1, 0.15) is 33.6 Å². The maximum atomic E-state index is 2.59. The van der Waals surface area contributed by atoms with E-state index in [4.69, 9.17) is 0 Å². The van der Waals surface area contributed by atoms with E-state index in [0.29, 0.717) is 5.54 Å². The highest BCUT2D eigenvalue weighted by molar-refractivity contribution is 6.21. The predicted octanol–water partition coefficient (Wildman–Crippen LogP) is 1.13. The highest BCUT2D eigenvalue weighted by Crippen LogP contribution is 2.22. The molecule has 0 saturated carbocycles. The second-order valence-electron chi connectivity index (χ2n) is 4.57. The first-order valence-electron chi connectivity index (χ1n) is 4.93. The Morgan fingerprint density at radius 2 is 1.83 bits per heavy atom. The van der Waals surface area contributed by atoms with Crippen LogP contribution in [-0.4, -0.2) is 33.8 Å². The molecule has 0 unspecified atom stereocenters. The van der Waals surface area contributed by atoms with Gasteiger partial charge in [0.1, 0.15) is 0 Å². The molecule has 1 aliphatic heterocycles. The lowest BCUT2D eigenvalue weighted by Crippen LogP contribution is -2.40.